The number of aryl methyl sites for hydroxylation is 5. The summed E-state index contributed by atoms with van der Waals surface area (Å²) in [5.41, 5.74) is 23.4. The third-order valence-electron chi connectivity index (χ3n) is 9.97. The molecule has 5 aromatic rings. The topological polar surface area (TPSA) is 0 Å². The molecule has 5 aromatic carbocycles. The maximum Gasteiger partial charge on any atom is 0.0159 e. The van der Waals surface area contributed by atoms with Gasteiger partial charge in [0.2, 0.25) is 0 Å². The molecule has 0 N–H and O–H groups in total. The molecular weight excluding hydrogens is 468 g/mol. The molecule has 0 unspecified atom stereocenters. The average Bonchev–Trinajstić information content (AvgIpc) is 3.19. The zero-order chi connectivity index (χ0) is 26.5. The van der Waals surface area contributed by atoms with E-state index < -0.39 is 0 Å². The van der Waals surface area contributed by atoms with E-state index in [0.717, 1.165) is 25.7 Å². The van der Waals surface area contributed by atoms with Crippen LogP contribution in [-0.4, -0.2) is 0 Å². The zero-order valence-corrected chi connectivity index (χ0v) is 23.4. The van der Waals surface area contributed by atoms with E-state index in [1.54, 1.807) is 0 Å². The van der Waals surface area contributed by atoms with Crippen LogP contribution in [0.5, 0.6) is 0 Å². The summed E-state index contributed by atoms with van der Waals surface area (Å²) >= 11 is 0. The highest BCUT2D eigenvalue weighted by Crippen LogP contribution is 2.55. The predicted molar refractivity (Wildman–Crippen MR) is 165 cm³/mol. The number of fused-ring (bicyclic) bond motifs is 10. The molecule has 0 heteroatoms. The van der Waals surface area contributed by atoms with Crippen molar-refractivity contribution >= 4 is 0 Å². The van der Waals surface area contributed by atoms with Crippen molar-refractivity contribution < 1.29 is 0 Å². The lowest BCUT2D eigenvalue weighted by Gasteiger charge is -2.30. The van der Waals surface area contributed by atoms with Gasteiger partial charge in [0.05, 0.1) is 0 Å². The van der Waals surface area contributed by atoms with Crippen molar-refractivity contribution in [3.8, 4) is 44.5 Å². The lowest BCUT2D eigenvalue weighted by molar-refractivity contribution is 0.660. The summed E-state index contributed by atoms with van der Waals surface area (Å²) < 4.78 is 0. The molecule has 0 saturated carbocycles. The summed E-state index contributed by atoms with van der Waals surface area (Å²) in [6.07, 6.45) is 4.44. The second-order valence-electron chi connectivity index (χ2n) is 12.4. The molecule has 0 atom stereocenters. The molecule has 39 heavy (non-hydrogen) atoms. The molecule has 0 heterocycles. The molecule has 0 saturated heterocycles. The van der Waals surface area contributed by atoms with Crippen molar-refractivity contribution in [3.05, 3.63) is 129 Å². The van der Waals surface area contributed by atoms with E-state index in [4.69, 9.17) is 0 Å². The van der Waals surface area contributed by atoms with Crippen molar-refractivity contribution in [2.75, 3.05) is 0 Å². The number of hydrogen-bond acceptors (Lipinski definition) is 0. The van der Waals surface area contributed by atoms with Gasteiger partial charge in [-0.05, 0) is 129 Å². The van der Waals surface area contributed by atoms with Gasteiger partial charge in [-0.15, -0.1) is 0 Å². The Hall–Kier alpha value is -3.90. The van der Waals surface area contributed by atoms with E-state index in [0.29, 0.717) is 0 Å². The van der Waals surface area contributed by atoms with E-state index in [1.165, 1.54) is 89.0 Å². The van der Waals surface area contributed by atoms with Crippen LogP contribution in [-0.2, 0) is 31.1 Å². The monoisotopic (exact) mass is 502 g/mol. The van der Waals surface area contributed by atoms with Crippen LogP contribution in [0.4, 0.5) is 0 Å². The van der Waals surface area contributed by atoms with Crippen LogP contribution in [0.2, 0.25) is 0 Å². The van der Waals surface area contributed by atoms with Gasteiger partial charge in [-0.1, -0.05) is 98.8 Å². The maximum absolute atomic E-state index is 2.43. The van der Waals surface area contributed by atoms with Gasteiger partial charge in [-0.25, -0.2) is 0 Å². The predicted octanol–water partition coefficient (Wildman–Crippen LogP) is 9.81. The van der Waals surface area contributed by atoms with Gasteiger partial charge in [0, 0.05) is 5.41 Å². The van der Waals surface area contributed by atoms with E-state index in [-0.39, 0.29) is 5.41 Å². The minimum atomic E-state index is 0.0187. The molecular formula is C39H34. The Morgan fingerprint density at radius 2 is 1.05 bits per heavy atom. The third kappa shape index (κ3) is 3.06. The SMILES string of the molecule is Cc1ccc2c(c1-c1c(C)ccc3c1-c1ccccc1CC3)CCc1ccc3c(c1-2)-c1ccccc1C3(C)C. The normalized spacial score (nSPS) is 15.5. The van der Waals surface area contributed by atoms with Gasteiger partial charge in [0.15, 0.2) is 0 Å². The third-order valence-corrected chi connectivity index (χ3v) is 9.97. The summed E-state index contributed by atoms with van der Waals surface area (Å²) in [5.74, 6) is 0. The van der Waals surface area contributed by atoms with Crippen LogP contribution in [0.15, 0.2) is 84.9 Å². The van der Waals surface area contributed by atoms with Crippen LogP contribution in [0.1, 0.15) is 58.4 Å². The van der Waals surface area contributed by atoms with Crippen molar-refractivity contribution in [3.63, 3.8) is 0 Å². The molecule has 0 aromatic heterocycles. The summed E-state index contributed by atoms with van der Waals surface area (Å²) in [4.78, 5) is 0. The van der Waals surface area contributed by atoms with E-state index >= 15 is 0 Å². The second-order valence-corrected chi connectivity index (χ2v) is 12.4. The van der Waals surface area contributed by atoms with Gasteiger partial charge < -0.3 is 0 Å². The molecule has 0 aliphatic heterocycles. The van der Waals surface area contributed by atoms with Gasteiger partial charge in [-0.3, -0.25) is 0 Å². The molecule has 8 rings (SSSR count). The molecule has 0 nitrogen and oxygen atoms in total. The molecule has 3 aliphatic carbocycles. The van der Waals surface area contributed by atoms with Crippen LogP contribution in [0, 0.1) is 13.8 Å². The highest BCUT2D eigenvalue weighted by molar-refractivity contribution is 5.99. The zero-order valence-electron chi connectivity index (χ0n) is 23.4. The smallest absolute Gasteiger partial charge is 0.0159 e. The first kappa shape index (κ1) is 23.0. The minimum Gasteiger partial charge on any atom is -0.0620 e. The van der Waals surface area contributed by atoms with Crippen molar-refractivity contribution in [2.45, 2.75) is 58.8 Å². The van der Waals surface area contributed by atoms with Crippen LogP contribution < -0.4 is 0 Å². The summed E-state index contributed by atoms with van der Waals surface area (Å²) in [6.45, 7) is 9.43. The fourth-order valence-electron chi connectivity index (χ4n) is 8.06. The van der Waals surface area contributed by atoms with Gasteiger partial charge in [0.25, 0.3) is 0 Å². The van der Waals surface area contributed by atoms with Crippen LogP contribution in [0.25, 0.3) is 44.5 Å². The number of benzene rings is 5. The Balaban J connectivity index is 1.44. The first-order valence-electron chi connectivity index (χ1n) is 14.6. The lowest BCUT2D eigenvalue weighted by atomic mass is 9.73. The molecule has 0 bridgehead atoms. The molecule has 3 aliphatic rings. The first-order chi connectivity index (χ1) is 18.9. The maximum atomic E-state index is 2.43. The Kier molecular flexibility index (Phi) is 4.76. The summed E-state index contributed by atoms with van der Waals surface area (Å²) in [6, 6.07) is 32.6. The lowest BCUT2D eigenvalue weighted by Crippen LogP contribution is -2.16. The van der Waals surface area contributed by atoms with E-state index in [1.807, 2.05) is 0 Å². The van der Waals surface area contributed by atoms with E-state index in [9.17, 15) is 0 Å². The molecule has 0 amide bonds. The number of hydrogen-bond donors (Lipinski definition) is 0. The van der Waals surface area contributed by atoms with Crippen molar-refractivity contribution in [1.82, 2.24) is 0 Å². The van der Waals surface area contributed by atoms with Gasteiger partial charge in [0.1, 0.15) is 0 Å². The first-order valence-corrected chi connectivity index (χ1v) is 14.6. The summed E-state index contributed by atoms with van der Waals surface area (Å²) in [5, 5.41) is 0. The average molecular weight is 503 g/mol. The second kappa shape index (κ2) is 8.06. The fraction of sp³-hybridized carbons (Fsp3) is 0.231. The van der Waals surface area contributed by atoms with Crippen molar-refractivity contribution in [1.29, 1.82) is 0 Å². The highest BCUT2D eigenvalue weighted by Gasteiger charge is 2.38. The molecule has 0 spiro atoms. The van der Waals surface area contributed by atoms with Crippen molar-refractivity contribution in [2.24, 2.45) is 0 Å². The number of rotatable bonds is 1. The van der Waals surface area contributed by atoms with Gasteiger partial charge in [-0.2, -0.15) is 0 Å². The Morgan fingerprint density at radius 1 is 0.436 bits per heavy atom. The quantitative estimate of drug-likeness (QED) is 0.214. The minimum absolute atomic E-state index is 0.0187. The Morgan fingerprint density at radius 3 is 1.90 bits per heavy atom. The molecule has 0 radical (unpaired) electrons. The van der Waals surface area contributed by atoms with Crippen LogP contribution in [0.3, 0.4) is 0 Å². The molecule has 0 fully saturated rings. The van der Waals surface area contributed by atoms with E-state index in [2.05, 4.69) is 113 Å². The highest BCUT2D eigenvalue weighted by atomic mass is 14.4. The van der Waals surface area contributed by atoms with Crippen LogP contribution >= 0.6 is 0 Å². The molecule has 190 valence electrons. The Bertz CT molecular complexity index is 1850. The summed E-state index contributed by atoms with van der Waals surface area (Å²) in [7, 11) is 0. The Labute approximate surface area is 232 Å². The standard InChI is InChI=1S/C39H34/c1-23-14-20-30-29(34(23)35-24(2)13-15-26-17-16-25-9-5-6-10-28(25)36(26)35)21-18-27-19-22-33-38(37(27)30)31-11-7-8-12-32(31)39(33,3)4/h5-15,19-20,22H,16-18,21H2,1-4H3. The largest absolute Gasteiger partial charge is 0.0620 e. The van der Waals surface area contributed by atoms with Gasteiger partial charge >= 0.3 is 0 Å². The fourth-order valence-corrected chi connectivity index (χ4v) is 8.06.